The smallest absolute Gasteiger partial charge is 0.277 e. The first-order valence-electron chi connectivity index (χ1n) is 6.15. The van der Waals surface area contributed by atoms with E-state index in [-0.39, 0.29) is 5.91 Å². The van der Waals surface area contributed by atoms with E-state index in [9.17, 15) is 4.79 Å². The number of carbonyl (C=O) groups excluding carboxylic acids is 1. The Balaban J connectivity index is 2.31. The van der Waals surface area contributed by atoms with Crippen molar-refractivity contribution in [1.29, 1.82) is 0 Å². The number of aryl methyl sites for hydroxylation is 2. The molecule has 1 heterocycles. The first-order valence-corrected chi connectivity index (χ1v) is 6.97. The summed E-state index contributed by atoms with van der Waals surface area (Å²) in [4.78, 5) is 21.9. The zero-order chi connectivity index (χ0) is 14.5. The molecule has 0 spiro atoms. The van der Waals surface area contributed by atoms with Gasteiger partial charge in [0.1, 0.15) is 5.03 Å². The van der Waals surface area contributed by atoms with Crippen LogP contribution in [0.1, 0.15) is 21.5 Å². The average Bonchev–Trinajstić information content (AvgIpc) is 2.43. The molecule has 104 valence electrons. The van der Waals surface area contributed by atoms with E-state index in [0.29, 0.717) is 10.6 Å². The minimum atomic E-state index is -0.298. The second-order valence-corrected chi connectivity index (χ2v) is 5.39. The summed E-state index contributed by atoms with van der Waals surface area (Å²) in [5.74, 6) is -0.298. The summed E-state index contributed by atoms with van der Waals surface area (Å²) in [6, 6.07) is 9.67. The van der Waals surface area contributed by atoms with E-state index < -0.39 is 0 Å². The van der Waals surface area contributed by atoms with Crippen LogP contribution in [0.5, 0.6) is 0 Å². The van der Waals surface area contributed by atoms with Crippen molar-refractivity contribution >= 4 is 17.7 Å². The zero-order valence-electron chi connectivity index (χ0n) is 11.6. The van der Waals surface area contributed by atoms with Crippen molar-refractivity contribution in [1.82, 2.24) is 10.5 Å². The molecule has 1 N–H and O–H groups in total. The van der Waals surface area contributed by atoms with Crippen molar-refractivity contribution in [3.8, 4) is 0 Å². The lowest BCUT2D eigenvalue weighted by Crippen LogP contribution is -2.22. The molecule has 2 aromatic rings. The van der Waals surface area contributed by atoms with Gasteiger partial charge in [-0.3, -0.25) is 9.63 Å². The summed E-state index contributed by atoms with van der Waals surface area (Å²) >= 11 is 1.48. The molecule has 1 amide bonds. The van der Waals surface area contributed by atoms with E-state index in [1.54, 1.807) is 18.3 Å². The summed E-state index contributed by atoms with van der Waals surface area (Å²) in [7, 11) is 1.41. The summed E-state index contributed by atoms with van der Waals surface area (Å²) in [6.45, 7) is 4.10. The molecule has 0 atom stereocenters. The topological polar surface area (TPSA) is 51.2 Å². The molecule has 0 saturated carbocycles. The van der Waals surface area contributed by atoms with Gasteiger partial charge in [0, 0.05) is 11.1 Å². The number of nitrogens with zero attached hydrogens (tertiary/aromatic N) is 1. The van der Waals surface area contributed by atoms with Gasteiger partial charge in [-0.15, -0.1) is 0 Å². The fourth-order valence-electron chi connectivity index (χ4n) is 1.81. The first kappa shape index (κ1) is 14.6. The van der Waals surface area contributed by atoms with Crippen LogP contribution in [0.4, 0.5) is 0 Å². The van der Waals surface area contributed by atoms with Gasteiger partial charge >= 0.3 is 0 Å². The molecule has 4 nitrogen and oxygen atoms in total. The predicted octanol–water partition coefficient (Wildman–Crippen LogP) is 3.14. The average molecular weight is 288 g/mol. The highest BCUT2D eigenvalue weighted by Crippen LogP contribution is 2.31. The summed E-state index contributed by atoms with van der Waals surface area (Å²) in [5, 5.41) is 0.661. The standard InChI is InChI=1S/C15H16N2O2S/c1-10-6-7-13(11(2)9-10)20-15-12(5-4-8-16-15)14(18)17-19-3/h4-9H,1-3H3,(H,17,18). The number of hydrogen-bond donors (Lipinski definition) is 1. The quantitative estimate of drug-likeness (QED) is 0.878. The maximum Gasteiger partial charge on any atom is 0.277 e. The van der Waals surface area contributed by atoms with Crippen molar-refractivity contribution in [2.75, 3.05) is 7.11 Å². The van der Waals surface area contributed by atoms with Crippen molar-refractivity contribution in [2.24, 2.45) is 0 Å². The minimum Gasteiger partial charge on any atom is -0.277 e. The van der Waals surface area contributed by atoms with Gasteiger partial charge in [0.15, 0.2) is 0 Å². The lowest BCUT2D eigenvalue weighted by Gasteiger charge is -2.09. The minimum absolute atomic E-state index is 0.298. The second-order valence-electron chi connectivity index (χ2n) is 4.36. The maximum atomic E-state index is 11.9. The summed E-state index contributed by atoms with van der Waals surface area (Å²) in [5.41, 5.74) is 5.20. The normalized spacial score (nSPS) is 10.3. The van der Waals surface area contributed by atoms with Crippen LogP contribution >= 0.6 is 11.8 Å². The Kier molecular flexibility index (Phi) is 4.76. The van der Waals surface area contributed by atoms with Crippen LogP contribution in [0.25, 0.3) is 0 Å². The van der Waals surface area contributed by atoms with E-state index in [2.05, 4.69) is 28.3 Å². The molecule has 0 aliphatic carbocycles. The molecule has 5 heteroatoms. The molecule has 1 aromatic carbocycles. The van der Waals surface area contributed by atoms with Gasteiger partial charge in [0.05, 0.1) is 12.7 Å². The fraction of sp³-hybridized carbons (Fsp3) is 0.200. The summed E-state index contributed by atoms with van der Waals surface area (Å²) < 4.78 is 0. The van der Waals surface area contributed by atoms with Crippen molar-refractivity contribution in [2.45, 2.75) is 23.8 Å². The van der Waals surface area contributed by atoms with Crippen molar-refractivity contribution < 1.29 is 9.63 Å². The number of hydroxylamine groups is 1. The van der Waals surface area contributed by atoms with Crippen LogP contribution in [0.3, 0.4) is 0 Å². The van der Waals surface area contributed by atoms with E-state index in [4.69, 9.17) is 0 Å². The number of hydrogen-bond acceptors (Lipinski definition) is 4. The van der Waals surface area contributed by atoms with Crippen molar-refractivity contribution in [3.05, 3.63) is 53.2 Å². The van der Waals surface area contributed by atoms with E-state index in [0.717, 1.165) is 4.90 Å². The molecular formula is C15H16N2O2S. The molecule has 0 saturated heterocycles. The monoisotopic (exact) mass is 288 g/mol. The first-order chi connectivity index (χ1) is 9.61. The lowest BCUT2D eigenvalue weighted by atomic mass is 10.2. The van der Waals surface area contributed by atoms with Crippen molar-refractivity contribution in [3.63, 3.8) is 0 Å². The van der Waals surface area contributed by atoms with E-state index >= 15 is 0 Å². The molecule has 0 radical (unpaired) electrons. The maximum absolute atomic E-state index is 11.9. The largest absolute Gasteiger partial charge is 0.277 e. The zero-order valence-corrected chi connectivity index (χ0v) is 12.5. The highest BCUT2D eigenvalue weighted by Gasteiger charge is 2.13. The molecular weight excluding hydrogens is 272 g/mol. The molecule has 1 aromatic heterocycles. The molecule has 0 unspecified atom stereocenters. The number of nitrogens with one attached hydrogen (secondary N) is 1. The Morgan fingerprint density at radius 3 is 2.80 bits per heavy atom. The molecule has 0 aliphatic rings. The van der Waals surface area contributed by atoms with Crippen LogP contribution in [0.2, 0.25) is 0 Å². The van der Waals surface area contributed by atoms with Crippen LogP contribution in [-0.4, -0.2) is 18.0 Å². The summed E-state index contributed by atoms with van der Waals surface area (Å²) in [6.07, 6.45) is 1.68. The van der Waals surface area contributed by atoms with E-state index in [1.165, 1.54) is 30.0 Å². The number of carbonyl (C=O) groups is 1. The van der Waals surface area contributed by atoms with Crippen LogP contribution in [0, 0.1) is 13.8 Å². The Morgan fingerprint density at radius 1 is 1.30 bits per heavy atom. The van der Waals surface area contributed by atoms with Gasteiger partial charge in [0.2, 0.25) is 0 Å². The molecule has 0 aliphatic heterocycles. The third-order valence-electron chi connectivity index (χ3n) is 2.75. The van der Waals surface area contributed by atoms with Crippen LogP contribution < -0.4 is 5.48 Å². The number of aromatic nitrogens is 1. The molecule has 0 fully saturated rings. The number of rotatable bonds is 4. The Morgan fingerprint density at radius 2 is 2.10 bits per heavy atom. The third kappa shape index (κ3) is 3.37. The molecule has 20 heavy (non-hydrogen) atoms. The number of amides is 1. The van der Waals surface area contributed by atoms with Crippen LogP contribution in [-0.2, 0) is 4.84 Å². The fourth-order valence-corrected chi connectivity index (χ4v) is 2.76. The Labute approximate surface area is 122 Å². The number of pyridine rings is 1. The van der Waals surface area contributed by atoms with Gasteiger partial charge in [0.25, 0.3) is 5.91 Å². The van der Waals surface area contributed by atoms with Gasteiger partial charge in [-0.25, -0.2) is 10.5 Å². The van der Waals surface area contributed by atoms with Crippen LogP contribution in [0.15, 0.2) is 46.5 Å². The predicted molar refractivity (Wildman–Crippen MR) is 78.8 cm³/mol. The Bertz CT molecular complexity index is 629. The highest BCUT2D eigenvalue weighted by molar-refractivity contribution is 7.99. The van der Waals surface area contributed by atoms with Gasteiger partial charge in [-0.1, -0.05) is 29.5 Å². The SMILES string of the molecule is CONC(=O)c1cccnc1Sc1ccc(C)cc1C. The molecule has 2 rings (SSSR count). The molecule has 0 bridgehead atoms. The van der Waals surface area contributed by atoms with Gasteiger partial charge < -0.3 is 0 Å². The second kappa shape index (κ2) is 6.54. The Hall–Kier alpha value is -1.85. The lowest BCUT2D eigenvalue weighted by molar-refractivity contribution is 0.0534. The van der Waals surface area contributed by atoms with E-state index in [1.807, 2.05) is 19.1 Å². The van der Waals surface area contributed by atoms with Gasteiger partial charge in [-0.05, 0) is 37.6 Å². The number of benzene rings is 1. The van der Waals surface area contributed by atoms with Gasteiger partial charge in [-0.2, -0.15) is 0 Å². The highest BCUT2D eigenvalue weighted by atomic mass is 32.2. The third-order valence-corrected chi connectivity index (χ3v) is 3.94.